The number of carbonyl (C=O) groups is 1. The smallest absolute Gasteiger partial charge is 0.319 e. The maximum Gasteiger partial charge on any atom is 0.319 e. The molecule has 6 nitrogen and oxygen atoms in total. The molecule has 1 aromatic heterocycles. The predicted octanol–water partition coefficient (Wildman–Crippen LogP) is 4.43. The first-order chi connectivity index (χ1) is 13.6. The highest BCUT2D eigenvalue weighted by Gasteiger charge is 2.19. The molecule has 3 rings (SSSR count). The van der Waals surface area contributed by atoms with Crippen molar-refractivity contribution in [3.63, 3.8) is 0 Å². The molecule has 0 bridgehead atoms. The highest BCUT2D eigenvalue weighted by atomic mass is 16.5. The topological polar surface area (TPSA) is 66.5 Å². The van der Waals surface area contributed by atoms with Crippen LogP contribution in [-0.4, -0.2) is 42.1 Å². The maximum atomic E-state index is 12.1. The SMILES string of the molecule is CCCN1CCC(CNC(=O)Nc2ccc(Oc3ccc(C)cc3)nc2)CC1. The Morgan fingerprint density at radius 3 is 2.57 bits per heavy atom. The number of anilines is 1. The number of nitrogens with one attached hydrogen (secondary N) is 2. The molecule has 0 atom stereocenters. The predicted molar refractivity (Wildman–Crippen MR) is 112 cm³/mol. The summed E-state index contributed by atoms with van der Waals surface area (Å²) in [6.45, 7) is 8.41. The van der Waals surface area contributed by atoms with Crippen LogP contribution < -0.4 is 15.4 Å². The van der Waals surface area contributed by atoms with Crippen molar-refractivity contribution in [2.75, 3.05) is 31.5 Å². The van der Waals surface area contributed by atoms with Gasteiger partial charge in [0.2, 0.25) is 5.88 Å². The summed E-state index contributed by atoms with van der Waals surface area (Å²) in [5.41, 5.74) is 1.82. The second kappa shape index (κ2) is 10.1. The molecule has 2 aromatic rings. The first-order valence-electron chi connectivity index (χ1n) is 10.1. The molecule has 1 aromatic carbocycles. The van der Waals surface area contributed by atoms with Gasteiger partial charge in [-0.2, -0.15) is 0 Å². The second-order valence-electron chi connectivity index (χ2n) is 7.42. The van der Waals surface area contributed by atoms with E-state index < -0.39 is 0 Å². The van der Waals surface area contributed by atoms with E-state index >= 15 is 0 Å². The van der Waals surface area contributed by atoms with E-state index in [0.29, 0.717) is 24.0 Å². The van der Waals surface area contributed by atoms with Crippen molar-refractivity contribution in [3.05, 3.63) is 48.2 Å². The van der Waals surface area contributed by atoms with E-state index in [1.807, 2.05) is 31.2 Å². The van der Waals surface area contributed by atoms with Crippen molar-refractivity contribution in [3.8, 4) is 11.6 Å². The fourth-order valence-electron chi connectivity index (χ4n) is 3.38. The van der Waals surface area contributed by atoms with Crippen molar-refractivity contribution in [2.45, 2.75) is 33.1 Å². The van der Waals surface area contributed by atoms with Gasteiger partial charge in [-0.15, -0.1) is 0 Å². The van der Waals surface area contributed by atoms with Gasteiger partial charge < -0.3 is 20.3 Å². The number of pyridine rings is 1. The van der Waals surface area contributed by atoms with E-state index in [2.05, 4.69) is 27.4 Å². The molecule has 2 N–H and O–H groups in total. The van der Waals surface area contributed by atoms with Gasteiger partial charge in [0.25, 0.3) is 0 Å². The molecular formula is C22H30N4O2. The summed E-state index contributed by atoms with van der Waals surface area (Å²) in [4.78, 5) is 18.9. The van der Waals surface area contributed by atoms with E-state index in [1.165, 1.54) is 18.5 Å². The van der Waals surface area contributed by atoms with Crippen molar-refractivity contribution in [1.82, 2.24) is 15.2 Å². The van der Waals surface area contributed by atoms with Gasteiger partial charge in [0.15, 0.2) is 0 Å². The molecule has 1 saturated heterocycles. The van der Waals surface area contributed by atoms with Gasteiger partial charge in [-0.25, -0.2) is 9.78 Å². The Bertz CT molecular complexity index is 738. The van der Waals surface area contributed by atoms with Crippen molar-refractivity contribution in [1.29, 1.82) is 0 Å². The molecule has 28 heavy (non-hydrogen) atoms. The molecule has 1 aliphatic heterocycles. The van der Waals surface area contributed by atoms with Crippen molar-refractivity contribution < 1.29 is 9.53 Å². The lowest BCUT2D eigenvalue weighted by Gasteiger charge is -2.31. The summed E-state index contributed by atoms with van der Waals surface area (Å²) in [6.07, 6.45) is 5.10. The number of nitrogens with zero attached hydrogens (tertiary/aromatic N) is 2. The molecule has 0 radical (unpaired) electrons. The minimum absolute atomic E-state index is 0.190. The molecule has 1 aliphatic rings. The summed E-state index contributed by atoms with van der Waals surface area (Å²) >= 11 is 0. The van der Waals surface area contributed by atoms with Gasteiger partial charge in [-0.3, -0.25) is 0 Å². The average Bonchev–Trinajstić information content (AvgIpc) is 2.71. The minimum atomic E-state index is -0.190. The summed E-state index contributed by atoms with van der Waals surface area (Å²) in [5.74, 6) is 1.79. The number of hydrogen-bond donors (Lipinski definition) is 2. The number of benzene rings is 1. The van der Waals surface area contributed by atoms with Crippen LogP contribution in [0.2, 0.25) is 0 Å². The van der Waals surface area contributed by atoms with Crippen molar-refractivity contribution in [2.24, 2.45) is 5.92 Å². The Kier molecular flexibility index (Phi) is 7.25. The van der Waals surface area contributed by atoms with Crippen LogP contribution in [0.1, 0.15) is 31.7 Å². The molecular weight excluding hydrogens is 352 g/mol. The van der Waals surface area contributed by atoms with Crippen LogP contribution in [0.25, 0.3) is 0 Å². The molecule has 6 heteroatoms. The van der Waals surface area contributed by atoms with E-state index in [4.69, 9.17) is 4.74 Å². The number of rotatable bonds is 7. The fraction of sp³-hybridized carbons (Fsp3) is 0.455. The molecule has 0 spiro atoms. The van der Waals surface area contributed by atoms with E-state index in [0.717, 1.165) is 31.7 Å². The van der Waals surface area contributed by atoms with Gasteiger partial charge in [0, 0.05) is 12.6 Å². The number of aromatic nitrogens is 1. The summed E-state index contributed by atoms with van der Waals surface area (Å²) in [6, 6.07) is 11.1. The largest absolute Gasteiger partial charge is 0.439 e. The Labute approximate surface area is 167 Å². The fourth-order valence-corrected chi connectivity index (χ4v) is 3.38. The first-order valence-corrected chi connectivity index (χ1v) is 10.1. The number of urea groups is 1. The molecule has 1 fully saturated rings. The Hall–Kier alpha value is -2.60. The quantitative estimate of drug-likeness (QED) is 0.744. The molecule has 0 unspecified atom stereocenters. The number of ether oxygens (including phenoxy) is 1. The van der Waals surface area contributed by atoms with Gasteiger partial charge >= 0.3 is 6.03 Å². The number of piperidine rings is 1. The van der Waals surface area contributed by atoms with E-state index in [1.54, 1.807) is 18.3 Å². The van der Waals surface area contributed by atoms with Gasteiger partial charge in [-0.1, -0.05) is 24.6 Å². The van der Waals surface area contributed by atoms with Crippen LogP contribution in [0.5, 0.6) is 11.6 Å². The van der Waals surface area contributed by atoms with Crippen LogP contribution in [0.3, 0.4) is 0 Å². The standard InChI is InChI=1S/C22H30N4O2/c1-3-12-26-13-10-18(11-14-26)15-24-22(27)25-19-6-9-21(23-16-19)28-20-7-4-17(2)5-8-20/h4-9,16,18H,3,10-15H2,1-2H3,(H2,24,25,27). The minimum Gasteiger partial charge on any atom is -0.439 e. The lowest BCUT2D eigenvalue weighted by atomic mass is 9.97. The van der Waals surface area contributed by atoms with Crippen molar-refractivity contribution >= 4 is 11.7 Å². The maximum absolute atomic E-state index is 12.1. The summed E-state index contributed by atoms with van der Waals surface area (Å²) in [5, 5.41) is 5.81. The third-order valence-corrected chi connectivity index (χ3v) is 5.04. The van der Waals surface area contributed by atoms with Gasteiger partial charge in [0.05, 0.1) is 11.9 Å². The highest BCUT2D eigenvalue weighted by molar-refractivity contribution is 5.89. The average molecular weight is 383 g/mol. The summed E-state index contributed by atoms with van der Waals surface area (Å²) < 4.78 is 5.70. The Morgan fingerprint density at radius 2 is 1.93 bits per heavy atom. The third-order valence-electron chi connectivity index (χ3n) is 5.04. The van der Waals surface area contributed by atoms with Crippen LogP contribution in [0.4, 0.5) is 10.5 Å². The Morgan fingerprint density at radius 1 is 1.18 bits per heavy atom. The molecule has 0 saturated carbocycles. The van der Waals surface area contributed by atoms with Crippen LogP contribution in [0, 0.1) is 12.8 Å². The number of likely N-dealkylation sites (tertiary alicyclic amines) is 1. The lowest BCUT2D eigenvalue weighted by Crippen LogP contribution is -2.40. The number of amides is 2. The highest BCUT2D eigenvalue weighted by Crippen LogP contribution is 2.21. The molecule has 2 amide bonds. The molecule has 150 valence electrons. The Balaban J connectivity index is 1.40. The zero-order valence-electron chi connectivity index (χ0n) is 16.8. The lowest BCUT2D eigenvalue weighted by molar-refractivity contribution is 0.182. The summed E-state index contributed by atoms with van der Waals surface area (Å²) in [7, 11) is 0. The molecule has 0 aliphatic carbocycles. The first kappa shape index (κ1) is 20.1. The monoisotopic (exact) mass is 382 g/mol. The number of carbonyl (C=O) groups excluding carboxylic acids is 1. The normalized spacial score (nSPS) is 15.2. The second-order valence-corrected chi connectivity index (χ2v) is 7.42. The van der Waals surface area contributed by atoms with Crippen LogP contribution in [0.15, 0.2) is 42.6 Å². The zero-order valence-corrected chi connectivity index (χ0v) is 16.8. The van der Waals surface area contributed by atoms with E-state index in [9.17, 15) is 4.79 Å². The number of aryl methyl sites for hydroxylation is 1. The van der Waals surface area contributed by atoms with Crippen LogP contribution in [-0.2, 0) is 0 Å². The van der Waals surface area contributed by atoms with Crippen LogP contribution >= 0.6 is 0 Å². The van der Waals surface area contributed by atoms with E-state index in [-0.39, 0.29) is 6.03 Å². The third kappa shape index (κ3) is 6.23. The van der Waals surface area contributed by atoms with Gasteiger partial charge in [-0.05, 0) is 69.9 Å². The number of hydrogen-bond acceptors (Lipinski definition) is 4. The zero-order chi connectivity index (χ0) is 19.8. The van der Waals surface area contributed by atoms with Gasteiger partial charge in [0.1, 0.15) is 5.75 Å². The molecule has 2 heterocycles.